The Morgan fingerprint density at radius 2 is 1.83 bits per heavy atom. The Bertz CT molecular complexity index is 1210. The number of nitrogens with zero attached hydrogens (tertiary/aromatic N) is 5. The summed E-state index contributed by atoms with van der Waals surface area (Å²) in [5.41, 5.74) is 0.316. The van der Waals surface area contributed by atoms with Crippen molar-refractivity contribution < 1.29 is 22.4 Å². The number of halogens is 3. The van der Waals surface area contributed by atoms with Crippen molar-refractivity contribution in [2.24, 2.45) is 0 Å². The number of hydrogen-bond acceptors (Lipinski definition) is 6. The lowest BCUT2D eigenvalue weighted by Crippen LogP contribution is -2.21. The Morgan fingerprint density at radius 3 is 2.52 bits per heavy atom. The number of methoxy groups -OCH3 is 1. The molecule has 11 heteroatoms. The van der Waals surface area contributed by atoms with E-state index in [2.05, 4.69) is 15.2 Å². The Kier molecular flexibility index (Phi) is 4.66. The van der Waals surface area contributed by atoms with Crippen LogP contribution in [0.15, 0.2) is 51.9 Å². The lowest BCUT2D eigenvalue weighted by Gasteiger charge is -2.07. The summed E-state index contributed by atoms with van der Waals surface area (Å²) in [5.74, 6) is 0.550. The third kappa shape index (κ3) is 3.76. The highest BCUT2D eigenvalue weighted by atomic mass is 19.4. The molecule has 0 aliphatic rings. The molecule has 0 spiro atoms. The van der Waals surface area contributed by atoms with Crippen LogP contribution in [0, 0.1) is 0 Å². The summed E-state index contributed by atoms with van der Waals surface area (Å²) in [6, 6.07) is 8.00. The van der Waals surface area contributed by atoms with Gasteiger partial charge >= 0.3 is 11.9 Å². The summed E-state index contributed by atoms with van der Waals surface area (Å²) in [6.45, 7) is 0.160. The molecule has 0 unspecified atom stereocenters. The van der Waals surface area contributed by atoms with Crippen LogP contribution < -0.4 is 5.69 Å². The van der Waals surface area contributed by atoms with Crippen molar-refractivity contribution in [2.45, 2.75) is 19.3 Å². The van der Waals surface area contributed by atoms with Gasteiger partial charge in [-0.1, -0.05) is 17.3 Å². The quantitative estimate of drug-likeness (QED) is 0.508. The van der Waals surface area contributed by atoms with Crippen LogP contribution in [0.2, 0.25) is 0 Å². The molecule has 4 aromatic rings. The van der Waals surface area contributed by atoms with Gasteiger partial charge in [0.1, 0.15) is 13.2 Å². The first-order valence-electron chi connectivity index (χ1n) is 8.42. The minimum atomic E-state index is -4.40. The van der Waals surface area contributed by atoms with Gasteiger partial charge in [-0.05, 0) is 35.4 Å². The molecule has 0 aliphatic carbocycles. The maximum atomic E-state index is 12.7. The van der Waals surface area contributed by atoms with E-state index in [1.165, 1.54) is 29.8 Å². The van der Waals surface area contributed by atoms with Crippen molar-refractivity contribution in [2.75, 3.05) is 7.11 Å². The van der Waals surface area contributed by atoms with Gasteiger partial charge in [0.15, 0.2) is 11.5 Å². The molecule has 3 heterocycles. The first-order valence-corrected chi connectivity index (χ1v) is 8.42. The van der Waals surface area contributed by atoms with Crippen LogP contribution in [0.5, 0.6) is 0 Å². The van der Waals surface area contributed by atoms with Crippen LogP contribution in [0.4, 0.5) is 13.2 Å². The summed E-state index contributed by atoms with van der Waals surface area (Å²) in [6.07, 6.45) is -2.88. The number of benzene rings is 1. The molecule has 0 N–H and O–H groups in total. The zero-order chi connectivity index (χ0) is 20.6. The largest absolute Gasteiger partial charge is 0.416 e. The first-order chi connectivity index (χ1) is 13.8. The fourth-order valence-electron chi connectivity index (χ4n) is 2.81. The minimum Gasteiger partial charge on any atom is -0.377 e. The second-order valence-electron chi connectivity index (χ2n) is 6.20. The summed E-state index contributed by atoms with van der Waals surface area (Å²) in [4.78, 5) is 16.7. The van der Waals surface area contributed by atoms with E-state index < -0.39 is 17.4 Å². The van der Waals surface area contributed by atoms with Crippen molar-refractivity contribution >= 4 is 5.65 Å². The molecule has 0 saturated heterocycles. The Balaban J connectivity index is 1.64. The van der Waals surface area contributed by atoms with Gasteiger partial charge < -0.3 is 9.26 Å². The summed E-state index contributed by atoms with van der Waals surface area (Å²) in [5, 5.41) is 7.93. The van der Waals surface area contributed by atoms with Crippen molar-refractivity contribution in [3.63, 3.8) is 0 Å². The predicted octanol–water partition coefficient (Wildman–Crippen LogP) is 2.76. The summed E-state index contributed by atoms with van der Waals surface area (Å²) < 4.78 is 50.6. The molecule has 29 heavy (non-hydrogen) atoms. The topological polar surface area (TPSA) is 87.5 Å². The van der Waals surface area contributed by atoms with Gasteiger partial charge in [-0.2, -0.15) is 18.2 Å². The average Bonchev–Trinajstić information content (AvgIpc) is 3.26. The van der Waals surface area contributed by atoms with Crippen molar-refractivity contribution in [3.8, 4) is 11.1 Å². The Hall–Kier alpha value is -3.47. The number of alkyl halides is 3. The highest BCUT2D eigenvalue weighted by Crippen LogP contribution is 2.30. The molecule has 4 rings (SSSR count). The van der Waals surface area contributed by atoms with Gasteiger partial charge in [0.05, 0.1) is 5.56 Å². The van der Waals surface area contributed by atoms with E-state index in [0.717, 1.165) is 16.8 Å². The Morgan fingerprint density at radius 1 is 1.10 bits per heavy atom. The second kappa shape index (κ2) is 7.17. The van der Waals surface area contributed by atoms with Crippen LogP contribution in [0.1, 0.15) is 17.3 Å². The molecule has 0 fully saturated rings. The van der Waals surface area contributed by atoms with Gasteiger partial charge in [0.2, 0.25) is 5.89 Å². The van der Waals surface area contributed by atoms with Gasteiger partial charge in [-0.15, -0.1) is 5.10 Å². The number of aromatic nitrogens is 5. The predicted molar refractivity (Wildman–Crippen MR) is 94.0 cm³/mol. The molecular weight excluding hydrogens is 391 g/mol. The zero-order valence-corrected chi connectivity index (χ0v) is 15.1. The number of hydrogen-bond donors (Lipinski definition) is 0. The fourth-order valence-corrected chi connectivity index (χ4v) is 2.81. The average molecular weight is 405 g/mol. The molecule has 0 aliphatic heterocycles. The fraction of sp³-hybridized carbons (Fsp3) is 0.222. The molecule has 3 aromatic heterocycles. The lowest BCUT2D eigenvalue weighted by molar-refractivity contribution is -0.137. The van der Waals surface area contributed by atoms with Gasteiger partial charge in [-0.3, -0.25) is 0 Å². The molecular formula is C18H14F3N5O3. The zero-order valence-electron chi connectivity index (χ0n) is 15.1. The lowest BCUT2D eigenvalue weighted by atomic mass is 10.1. The van der Waals surface area contributed by atoms with Crippen LogP contribution in [-0.4, -0.2) is 31.4 Å². The second-order valence-corrected chi connectivity index (χ2v) is 6.20. The van der Waals surface area contributed by atoms with Crippen molar-refractivity contribution in [1.82, 2.24) is 24.3 Å². The molecule has 0 saturated carbocycles. The van der Waals surface area contributed by atoms with E-state index >= 15 is 0 Å². The van der Waals surface area contributed by atoms with E-state index in [1.54, 1.807) is 12.1 Å². The van der Waals surface area contributed by atoms with Crippen molar-refractivity contribution in [3.05, 3.63) is 70.4 Å². The normalized spacial score (nSPS) is 12.0. The molecule has 0 bridgehead atoms. The van der Waals surface area contributed by atoms with E-state index in [9.17, 15) is 18.0 Å². The maximum absolute atomic E-state index is 12.7. The molecule has 0 amide bonds. The standard InChI is InChI=1S/C18H14F3N5O3/c1-28-10-14-22-16(29-24-14)9-26-17(27)25-8-12(4-7-15(25)23-26)11-2-5-13(6-3-11)18(19,20)21/h2-8H,9-10H2,1H3. The highest BCUT2D eigenvalue weighted by Gasteiger charge is 2.30. The van der Waals surface area contributed by atoms with Gasteiger partial charge in [0, 0.05) is 13.3 Å². The third-order valence-corrected chi connectivity index (χ3v) is 4.19. The number of fused-ring (bicyclic) bond motifs is 1. The third-order valence-electron chi connectivity index (χ3n) is 4.19. The van der Waals surface area contributed by atoms with E-state index in [1.807, 2.05) is 0 Å². The monoisotopic (exact) mass is 405 g/mol. The molecule has 0 atom stereocenters. The van der Waals surface area contributed by atoms with Crippen LogP contribution in [0.3, 0.4) is 0 Å². The van der Waals surface area contributed by atoms with Gasteiger partial charge in [0.25, 0.3) is 0 Å². The number of pyridine rings is 1. The minimum absolute atomic E-state index is 0.0210. The summed E-state index contributed by atoms with van der Waals surface area (Å²) in [7, 11) is 1.50. The van der Waals surface area contributed by atoms with E-state index in [0.29, 0.717) is 22.6 Å². The number of ether oxygens (including phenoxy) is 1. The van der Waals surface area contributed by atoms with Crippen molar-refractivity contribution in [1.29, 1.82) is 0 Å². The van der Waals surface area contributed by atoms with Crippen LogP contribution in [-0.2, 0) is 24.1 Å². The SMILES string of the molecule is COCc1noc(Cn2nc3ccc(-c4ccc(C(F)(F)F)cc4)cn3c2=O)n1. The molecule has 150 valence electrons. The number of rotatable bonds is 5. The smallest absolute Gasteiger partial charge is 0.377 e. The molecule has 0 radical (unpaired) electrons. The van der Waals surface area contributed by atoms with Crippen LogP contribution in [0.25, 0.3) is 16.8 Å². The van der Waals surface area contributed by atoms with E-state index in [-0.39, 0.29) is 19.0 Å². The van der Waals surface area contributed by atoms with E-state index in [4.69, 9.17) is 9.26 Å². The highest BCUT2D eigenvalue weighted by molar-refractivity contribution is 5.64. The summed E-state index contributed by atoms with van der Waals surface area (Å²) >= 11 is 0. The Labute approximate surface area is 161 Å². The van der Waals surface area contributed by atoms with Gasteiger partial charge in [-0.25, -0.2) is 13.9 Å². The first kappa shape index (κ1) is 18.9. The van der Waals surface area contributed by atoms with Crippen LogP contribution >= 0.6 is 0 Å². The molecule has 8 nitrogen and oxygen atoms in total. The maximum Gasteiger partial charge on any atom is 0.416 e. The molecule has 1 aromatic carbocycles.